The molecule has 2 aromatic carbocycles. The summed E-state index contributed by atoms with van der Waals surface area (Å²) in [4.78, 5) is 2.45. The summed E-state index contributed by atoms with van der Waals surface area (Å²) in [6.45, 7) is 5.98. The van der Waals surface area contributed by atoms with Crippen molar-refractivity contribution in [3.63, 3.8) is 0 Å². The SMILES string of the molecule is Cc1cc(Cl)cc2c1C[C@H](N1CCNCC1)[C@H]2Oc1ccccc1F. The van der Waals surface area contributed by atoms with Gasteiger partial charge in [-0.05, 0) is 54.3 Å². The van der Waals surface area contributed by atoms with E-state index in [9.17, 15) is 4.39 Å². The van der Waals surface area contributed by atoms with Crippen LogP contribution in [0.5, 0.6) is 5.75 Å². The van der Waals surface area contributed by atoms with Crippen LogP contribution in [0, 0.1) is 12.7 Å². The van der Waals surface area contributed by atoms with Crippen molar-refractivity contribution in [2.24, 2.45) is 0 Å². The summed E-state index contributed by atoms with van der Waals surface area (Å²) in [5, 5.41) is 4.10. The first kappa shape index (κ1) is 16.8. The second-order valence-corrected chi connectivity index (χ2v) is 7.25. The number of aryl methyl sites for hydroxylation is 1. The summed E-state index contributed by atoms with van der Waals surface area (Å²) in [5.74, 6) is -0.0214. The van der Waals surface area contributed by atoms with Gasteiger partial charge in [0.1, 0.15) is 6.10 Å². The molecule has 3 nitrogen and oxygen atoms in total. The molecule has 0 amide bonds. The maximum absolute atomic E-state index is 14.2. The highest BCUT2D eigenvalue weighted by Gasteiger charge is 2.39. The molecule has 1 saturated heterocycles. The highest BCUT2D eigenvalue weighted by atomic mass is 35.5. The number of para-hydroxylation sites is 1. The van der Waals surface area contributed by atoms with Crippen LogP contribution in [-0.2, 0) is 6.42 Å². The van der Waals surface area contributed by atoms with E-state index in [0.29, 0.717) is 10.8 Å². The zero-order valence-electron chi connectivity index (χ0n) is 14.3. The van der Waals surface area contributed by atoms with Gasteiger partial charge >= 0.3 is 0 Å². The molecule has 1 aliphatic heterocycles. The lowest BCUT2D eigenvalue weighted by atomic mass is 10.0. The lowest BCUT2D eigenvalue weighted by Gasteiger charge is -2.36. The van der Waals surface area contributed by atoms with Gasteiger partial charge in [-0.1, -0.05) is 23.7 Å². The van der Waals surface area contributed by atoms with Gasteiger partial charge in [-0.25, -0.2) is 4.39 Å². The Bertz CT molecular complexity index is 776. The molecule has 1 aliphatic carbocycles. The zero-order chi connectivity index (χ0) is 17.4. The predicted octanol–water partition coefficient (Wildman–Crippen LogP) is 3.74. The summed E-state index contributed by atoms with van der Waals surface area (Å²) in [6.07, 6.45) is 0.708. The molecule has 25 heavy (non-hydrogen) atoms. The first-order chi connectivity index (χ1) is 12.1. The first-order valence-corrected chi connectivity index (χ1v) is 9.16. The molecule has 1 fully saturated rings. The summed E-state index contributed by atoms with van der Waals surface area (Å²) >= 11 is 6.31. The molecule has 1 heterocycles. The Labute approximate surface area is 152 Å². The van der Waals surface area contributed by atoms with E-state index >= 15 is 0 Å². The molecule has 2 aromatic rings. The molecule has 1 N–H and O–H groups in total. The van der Waals surface area contributed by atoms with Gasteiger partial charge in [0, 0.05) is 31.2 Å². The Kier molecular flexibility index (Phi) is 4.67. The minimum absolute atomic E-state index is 0.203. The molecule has 5 heteroatoms. The van der Waals surface area contributed by atoms with Crippen LogP contribution in [0.15, 0.2) is 36.4 Å². The van der Waals surface area contributed by atoms with E-state index < -0.39 is 0 Å². The van der Waals surface area contributed by atoms with Crippen molar-refractivity contribution < 1.29 is 9.13 Å². The minimum Gasteiger partial charge on any atom is -0.481 e. The number of ether oxygens (including phenoxy) is 1. The van der Waals surface area contributed by atoms with Crippen molar-refractivity contribution in [1.29, 1.82) is 0 Å². The van der Waals surface area contributed by atoms with Gasteiger partial charge in [0.25, 0.3) is 0 Å². The molecule has 0 aromatic heterocycles. The number of halogens is 2. The third kappa shape index (κ3) is 3.26. The molecule has 0 unspecified atom stereocenters. The predicted molar refractivity (Wildman–Crippen MR) is 97.9 cm³/mol. The number of hydrogen-bond acceptors (Lipinski definition) is 3. The van der Waals surface area contributed by atoms with Crippen molar-refractivity contribution in [1.82, 2.24) is 10.2 Å². The summed E-state index contributed by atoms with van der Waals surface area (Å²) in [6, 6.07) is 10.8. The second-order valence-electron chi connectivity index (χ2n) is 6.82. The van der Waals surface area contributed by atoms with Gasteiger partial charge in [0.2, 0.25) is 0 Å². The van der Waals surface area contributed by atoms with Crippen LogP contribution in [0.3, 0.4) is 0 Å². The minimum atomic E-state index is -0.325. The van der Waals surface area contributed by atoms with E-state index in [1.807, 2.05) is 12.1 Å². The van der Waals surface area contributed by atoms with Crippen LogP contribution in [-0.4, -0.2) is 37.1 Å². The molecule has 4 rings (SSSR count). The second kappa shape index (κ2) is 6.94. The maximum atomic E-state index is 14.2. The van der Waals surface area contributed by atoms with Crippen LogP contribution in [0.1, 0.15) is 22.8 Å². The number of piperazine rings is 1. The van der Waals surface area contributed by atoms with E-state index in [2.05, 4.69) is 17.1 Å². The number of nitrogens with zero attached hydrogens (tertiary/aromatic N) is 1. The quantitative estimate of drug-likeness (QED) is 0.902. The Balaban J connectivity index is 1.72. The maximum Gasteiger partial charge on any atom is 0.165 e. The number of nitrogens with one attached hydrogen (secondary N) is 1. The summed E-state index contributed by atoms with van der Waals surface area (Å²) < 4.78 is 20.4. The number of fused-ring (bicyclic) bond motifs is 1. The van der Waals surface area contributed by atoms with Gasteiger partial charge < -0.3 is 10.1 Å². The van der Waals surface area contributed by atoms with Gasteiger partial charge in [-0.15, -0.1) is 0 Å². The van der Waals surface area contributed by atoms with Gasteiger partial charge in [-0.2, -0.15) is 0 Å². The van der Waals surface area contributed by atoms with Gasteiger partial charge in [0.05, 0.1) is 6.04 Å². The number of hydrogen-bond donors (Lipinski definition) is 1. The fraction of sp³-hybridized carbons (Fsp3) is 0.400. The molecule has 0 saturated carbocycles. The van der Waals surface area contributed by atoms with E-state index in [1.54, 1.807) is 18.2 Å². The molecule has 2 atom stereocenters. The first-order valence-electron chi connectivity index (χ1n) is 8.78. The average Bonchev–Trinajstić information content (AvgIpc) is 2.97. The lowest BCUT2D eigenvalue weighted by Crippen LogP contribution is -2.50. The van der Waals surface area contributed by atoms with Crippen molar-refractivity contribution >= 4 is 11.6 Å². The third-order valence-electron chi connectivity index (χ3n) is 5.25. The van der Waals surface area contributed by atoms with E-state index in [-0.39, 0.29) is 18.0 Å². The van der Waals surface area contributed by atoms with Crippen LogP contribution in [0.25, 0.3) is 0 Å². The topological polar surface area (TPSA) is 24.5 Å². The fourth-order valence-electron chi connectivity index (χ4n) is 4.01. The van der Waals surface area contributed by atoms with Crippen molar-refractivity contribution in [2.45, 2.75) is 25.5 Å². The third-order valence-corrected chi connectivity index (χ3v) is 5.47. The average molecular weight is 361 g/mol. The van der Waals surface area contributed by atoms with Crippen molar-refractivity contribution in [3.8, 4) is 5.75 Å². The molecular formula is C20H22ClFN2O. The zero-order valence-corrected chi connectivity index (χ0v) is 15.0. The highest BCUT2D eigenvalue weighted by molar-refractivity contribution is 6.30. The Morgan fingerprint density at radius 3 is 2.72 bits per heavy atom. The Hall–Kier alpha value is -1.62. The fourth-order valence-corrected chi connectivity index (χ4v) is 4.29. The van der Waals surface area contributed by atoms with E-state index in [0.717, 1.165) is 38.2 Å². The van der Waals surface area contributed by atoms with Crippen LogP contribution in [0.2, 0.25) is 5.02 Å². The monoisotopic (exact) mass is 360 g/mol. The Morgan fingerprint density at radius 2 is 1.96 bits per heavy atom. The Morgan fingerprint density at radius 1 is 1.20 bits per heavy atom. The smallest absolute Gasteiger partial charge is 0.165 e. The summed E-state index contributed by atoms with van der Waals surface area (Å²) in [7, 11) is 0. The van der Waals surface area contributed by atoms with Crippen LogP contribution < -0.4 is 10.1 Å². The molecule has 0 bridgehead atoms. The number of rotatable bonds is 3. The summed E-state index contributed by atoms with van der Waals surface area (Å²) in [5.41, 5.74) is 3.56. The highest BCUT2D eigenvalue weighted by Crippen LogP contribution is 2.41. The normalized spacial score (nSPS) is 23.5. The molecular weight excluding hydrogens is 339 g/mol. The van der Waals surface area contributed by atoms with Crippen molar-refractivity contribution in [2.75, 3.05) is 26.2 Å². The standard InChI is InChI=1S/C20H22ClFN2O/c1-13-10-14(21)11-16-15(13)12-18(24-8-6-23-7-9-24)20(16)25-19-5-3-2-4-17(19)22/h2-5,10-11,18,20,23H,6-9,12H2,1H3/t18-,20-/m0/s1. The lowest BCUT2D eigenvalue weighted by molar-refractivity contribution is 0.0668. The van der Waals surface area contributed by atoms with Crippen molar-refractivity contribution in [3.05, 3.63) is 63.9 Å². The molecule has 0 radical (unpaired) electrons. The van der Waals surface area contributed by atoms with Gasteiger partial charge in [0.15, 0.2) is 11.6 Å². The van der Waals surface area contributed by atoms with Gasteiger partial charge in [-0.3, -0.25) is 4.90 Å². The number of benzene rings is 2. The van der Waals surface area contributed by atoms with Crippen LogP contribution >= 0.6 is 11.6 Å². The van der Waals surface area contributed by atoms with E-state index in [1.165, 1.54) is 17.2 Å². The van der Waals surface area contributed by atoms with E-state index in [4.69, 9.17) is 16.3 Å². The molecule has 132 valence electrons. The molecule has 2 aliphatic rings. The molecule has 0 spiro atoms. The largest absolute Gasteiger partial charge is 0.481 e. The van der Waals surface area contributed by atoms with Crippen LogP contribution in [0.4, 0.5) is 4.39 Å².